The summed E-state index contributed by atoms with van der Waals surface area (Å²) < 4.78 is 29.1. The predicted molar refractivity (Wildman–Crippen MR) is 86.6 cm³/mol. The van der Waals surface area contributed by atoms with E-state index in [1.807, 2.05) is 19.9 Å². The Balaban J connectivity index is 1.79. The van der Waals surface area contributed by atoms with Crippen molar-refractivity contribution in [1.82, 2.24) is 19.6 Å². The van der Waals surface area contributed by atoms with Crippen molar-refractivity contribution in [3.8, 4) is 0 Å². The van der Waals surface area contributed by atoms with Crippen LogP contribution in [0.25, 0.3) is 5.78 Å². The minimum absolute atomic E-state index is 0.0429. The summed E-state index contributed by atoms with van der Waals surface area (Å²) in [6, 6.07) is 3.85. The number of fused-ring (bicyclic) bond motifs is 2. The molecule has 128 valence electrons. The van der Waals surface area contributed by atoms with Crippen molar-refractivity contribution >= 4 is 17.4 Å². The van der Waals surface area contributed by atoms with Crippen LogP contribution in [-0.4, -0.2) is 32.0 Å². The SMILES string of the molecule is Cc1cc(C)n2nc(C(=O)N3CCCc4c(F)cc(F)cc43)nc2n1. The van der Waals surface area contributed by atoms with Gasteiger partial charge in [-0.2, -0.15) is 4.98 Å². The minimum atomic E-state index is -0.716. The van der Waals surface area contributed by atoms with Gasteiger partial charge in [0, 0.05) is 29.6 Å². The third-order valence-electron chi connectivity index (χ3n) is 4.29. The highest BCUT2D eigenvalue weighted by Gasteiger charge is 2.29. The molecule has 25 heavy (non-hydrogen) atoms. The normalized spacial score (nSPS) is 14.0. The van der Waals surface area contributed by atoms with Crippen LogP contribution in [0, 0.1) is 25.5 Å². The van der Waals surface area contributed by atoms with Gasteiger partial charge in [-0.1, -0.05) is 0 Å². The van der Waals surface area contributed by atoms with Gasteiger partial charge in [-0.15, -0.1) is 5.10 Å². The van der Waals surface area contributed by atoms with Crippen LogP contribution in [0.4, 0.5) is 14.5 Å². The predicted octanol–water partition coefficient (Wildman–Crippen LogP) is 2.61. The summed E-state index contributed by atoms with van der Waals surface area (Å²) in [7, 11) is 0. The Morgan fingerprint density at radius 1 is 1.16 bits per heavy atom. The van der Waals surface area contributed by atoms with E-state index in [4.69, 9.17) is 0 Å². The van der Waals surface area contributed by atoms with E-state index in [1.54, 1.807) is 0 Å². The molecular weight excluding hydrogens is 328 g/mol. The Morgan fingerprint density at radius 2 is 1.96 bits per heavy atom. The Labute approximate surface area is 142 Å². The van der Waals surface area contributed by atoms with Crippen molar-refractivity contribution in [2.24, 2.45) is 0 Å². The molecule has 1 aliphatic rings. The van der Waals surface area contributed by atoms with Crippen molar-refractivity contribution in [1.29, 1.82) is 0 Å². The van der Waals surface area contributed by atoms with Crippen LogP contribution in [0.1, 0.15) is 34.0 Å². The van der Waals surface area contributed by atoms with Gasteiger partial charge in [-0.05, 0) is 38.8 Å². The molecule has 6 nitrogen and oxygen atoms in total. The van der Waals surface area contributed by atoms with Gasteiger partial charge in [0.2, 0.25) is 5.82 Å². The molecule has 3 aromatic rings. The van der Waals surface area contributed by atoms with E-state index < -0.39 is 17.5 Å². The number of carbonyl (C=O) groups excluding carboxylic acids is 1. The molecule has 2 aromatic heterocycles. The lowest BCUT2D eigenvalue weighted by molar-refractivity contribution is 0.0975. The van der Waals surface area contributed by atoms with Crippen molar-refractivity contribution in [2.75, 3.05) is 11.4 Å². The van der Waals surface area contributed by atoms with Crippen LogP contribution in [0.2, 0.25) is 0 Å². The molecule has 4 rings (SSSR count). The van der Waals surface area contributed by atoms with Gasteiger partial charge < -0.3 is 4.90 Å². The van der Waals surface area contributed by atoms with E-state index >= 15 is 0 Å². The van der Waals surface area contributed by atoms with E-state index in [1.165, 1.54) is 15.5 Å². The first-order valence-corrected chi connectivity index (χ1v) is 7.95. The highest BCUT2D eigenvalue weighted by molar-refractivity contribution is 6.04. The number of amides is 1. The van der Waals surface area contributed by atoms with Gasteiger partial charge in [0.25, 0.3) is 11.7 Å². The second kappa shape index (κ2) is 5.58. The van der Waals surface area contributed by atoms with Crippen LogP contribution in [0.5, 0.6) is 0 Å². The van der Waals surface area contributed by atoms with Crippen molar-refractivity contribution in [2.45, 2.75) is 26.7 Å². The molecule has 1 amide bonds. The first-order chi connectivity index (χ1) is 11.9. The zero-order chi connectivity index (χ0) is 17.7. The lowest BCUT2D eigenvalue weighted by Crippen LogP contribution is -2.36. The molecule has 1 aromatic carbocycles. The Bertz CT molecular complexity index is 1010. The Morgan fingerprint density at radius 3 is 2.76 bits per heavy atom. The number of aryl methyl sites for hydroxylation is 2. The summed E-state index contributed by atoms with van der Waals surface area (Å²) in [5.41, 5.74) is 2.15. The third-order valence-corrected chi connectivity index (χ3v) is 4.29. The molecule has 0 bridgehead atoms. The fourth-order valence-electron chi connectivity index (χ4n) is 3.20. The molecule has 0 saturated carbocycles. The molecule has 0 spiro atoms. The maximum Gasteiger partial charge on any atom is 0.298 e. The van der Waals surface area contributed by atoms with E-state index in [0.717, 1.165) is 17.5 Å². The summed E-state index contributed by atoms with van der Waals surface area (Å²) in [6.45, 7) is 4.02. The van der Waals surface area contributed by atoms with Gasteiger partial charge in [0.05, 0.1) is 5.69 Å². The Hall–Kier alpha value is -2.90. The zero-order valence-corrected chi connectivity index (χ0v) is 13.8. The smallest absolute Gasteiger partial charge is 0.298 e. The molecule has 1 aliphatic heterocycles. The zero-order valence-electron chi connectivity index (χ0n) is 13.8. The quantitative estimate of drug-likeness (QED) is 0.681. The van der Waals surface area contributed by atoms with Crippen LogP contribution < -0.4 is 4.90 Å². The topological polar surface area (TPSA) is 63.4 Å². The Kier molecular flexibility index (Phi) is 3.48. The number of hydrogen-bond donors (Lipinski definition) is 0. The van der Waals surface area contributed by atoms with Gasteiger partial charge in [0.1, 0.15) is 11.6 Å². The van der Waals surface area contributed by atoms with Crippen LogP contribution >= 0.6 is 0 Å². The summed E-state index contributed by atoms with van der Waals surface area (Å²) in [4.78, 5) is 22.6. The third kappa shape index (κ3) is 2.54. The van der Waals surface area contributed by atoms with Crippen molar-refractivity contribution < 1.29 is 13.6 Å². The van der Waals surface area contributed by atoms with Gasteiger partial charge >= 0.3 is 0 Å². The number of anilines is 1. The highest BCUT2D eigenvalue weighted by Crippen LogP contribution is 2.31. The molecule has 3 heterocycles. The number of nitrogens with zero attached hydrogens (tertiary/aromatic N) is 5. The van der Waals surface area contributed by atoms with E-state index in [2.05, 4.69) is 15.1 Å². The van der Waals surface area contributed by atoms with Gasteiger partial charge in [-0.25, -0.2) is 18.3 Å². The average Bonchev–Trinajstić information content (AvgIpc) is 2.98. The average molecular weight is 343 g/mol. The molecule has 0 aliphatic carbocycles. The number of halogens is 2. The van der Waals surface area contributed by atoms with Gasteiger partial charge in [0.15, 0.2) is 0 Å². The molecule has 0 fully saturated rings. The lowest BCUT2D eigenvalue weighted by atomic mass is 10.0. The molecule has 0 N–H and O–H groups in total. The molecule has 0 radical (unpaired) electrons. The van der Waals surface area contributed by atoms with Crippen molar-refractivity contribution in [3.63, 3.8) is 0 Å². The maximum atomic E-state index is 14.0. The fraction of sp³-hybridized carbons (Fsp3) is 0.294. The van der Waals surface area contributed by atoms with Crippen LogP contribution in [-0.2, 0) is 6.42 Å². The highest BCUT2D eigenvalue weighted by atomic mass is 19.1. The van der Waals surface area contributed by atoms with Crippen LogP contribution in [0.15, 0.2) is 18.2 Å². The summed E-state index contributed by atoms with van der Waals surface area (Å²) in [5.74, 6) is -1.56. The fourth-order valence-corrected chi connectivity index (χ4v) is 3.20. The summed E-state index contributed by atoms with van der Waals surface area (Å²) in [5, 5.41) is 4.21. The molecule has 8 heteroatoms. The van der Waals surface area contributed by atoms with Gasteiger partial charge in [-0.3, -0.25) is 4.79 Å². The monoisotopic (exact) mass is 343 g/mol. The van der Waals surface area contributed by atoms with Crippen molar-refractivity contribution in [3.05, 3.63) is 52.6 Å². The molecule has 0 saturated heterocycles. The first kappa shape index (κ1) is 15.6. The largest absolute Gasteiger partial charge is 0.305 e. The standard InChI is InChI=1S/C17H15F2N5O/c1-9-6-10(2)24-17(20-9)21-15(22-24)16(25)23-5-3-4-12-13(19)7-11(18)8-14(12)23/h6-8H,3-5H2,1-2H3. The van der Waals surface area contributed by atoms with E-state index in [0.29, 0.717) is 30.7 Å². The van der Waals surface area contributed by atoms with E-state index in [-0.39, 0.29) is 11.5 Å². The summed E-state index contributed by atoms with van der Waals surface area (Å²) in [6.07, 6.45) is 1.05. The number of aromatic nitrogens is 4. The second-order valence-corrected chi connectivity index (χ2v) is 6.13. The number of hydrogen-bond acceptors (Lipinski definition) is 4. The molecule has 0 atom stereocenters. The lowest BCUT2D eigenvalue weighted by Gasteiger charge is -2.28. The second-order valence-electron chi connectivity index (χ2n) is 6.13. The molecule has 0 unspecified atom stereocenters. The van der Waals surface area contributed by atoms with E-state index in [9.17, 15) is 13.6 Å². The number of carbonyl (C=O) groups is 1. The minimum Gasteiger partial charge on any atom is -0.305 e. The molecular formula is C17H15F2N5O. The number of benzene rings is 1. The van der Waals surface area contributed by atoms with Crippen LogP contribution in [0.3, 0.4) is 0 Å². The summed E-state index contributed by atoms with van der Waals surface area (Å²) >= 11 is 0. The first-order valence-electron chi connectivity index (χ1n) is 7.95. The number of rotatable bonds is 1. The maximum absolute atomic E-state index is 14.0.